The van der Waals surface area contributed by atoms with Gasteiger partial charge in [0.05, 0.1) is 0 Å². The normalized spacial score (nSPS) is 11.0. The van der Waals surface area contributed by atoms with E-state index < -0.39 is 34.1 Å². The van der Waals surface area contributed by atoms with Crippen molar-refractivity contribution < 1.29 is 27.9 Å². The third-order valence-corrected chi connectivity index (χ3v) is 4.21. The van der Waals surface area contributed by atoms with E-state index in [1.807, 2.05) is 0 Å². The molecule has 0 radical (unpaired) electrons. The van der Waals surface area contributed by atoms with Crippen LogP contribution in [0.2, 0.25) is 0 Å². The summed E-state index contributed by atoms with van der Waals surface area (Å²) in [5, 5.41) is 11.0. The molecule has 116 valence electrons. The van der Waals surface area contributed by atoms with Gasteiger partial charge in [-0.05, 0) is 30.7 Å². The molecule has 0 bridgehead atoms. The van der Waals surface area contributed by atoms with Crippen LogP contribution in [0.25, 0.3) is 0 Å². The number of hydrogen-bond acceptors (Lipinski definition) is 5. The van der Waals surface area contributed by atoms with E-state index in [4.69, 9.17) is 9.84 Å². The largest absolute Gasteiger partial charge is 0.482 e. The molecule has 0 aliphatic heterocycles. The summed E-state index contributed by atoms with van der Waals surface area (Å²) in [4.78, 5) is 22.0. The number of carboxylic acid groups (broad SMARTS) is 1. The van der Waals surface area contributed by atoms with Gasteiger partial charge >= 0.3 is 5.97 Å². The van der Waals surface area contributed by atoms with E-state index in [1.54, 1.807) is 13.0 Å². The van der Waals surface area contributed by atoms with Crippen molar-refractivity contribution in [2.45, 2.75) is 13.8 Å². The number of carboxylic acids is 1. The summed E-state index contributed by atoms with van der Waals surface area (Å²) in [7, 11) is -3.38. The van der Waals surface area contributed by atoms with Gasteiger partial charge in [0.1, 0.15) is 11.5 Å². The Balaban J connectivity index is 2.72. The van der Waals surface area contributed by atoms with Crippen molar-refractivity contribution in [2.24, 2.45) is 0 Å². The first-order chi connectivity index (χ1) is 9.73. The Bertz CT molecular complexity index is 638. The number of rotatable bonds is 7. The first-order valence-electron chi connectivity index (χ1n) is 6.19. The SMILES string of the molecule is CCS(=O)(=O)CC(=O)Nc1ccc(OCC(=O)O)cc1C. The number of carbonyl (C=O) groups excluding carboxylic acids is 1. The first kappa shape index (κ1) is 17.0. The van der Waals surface area contributed by atoms with Gasteiger partial charge in [0.15, 0.2) is 16.4 Å². The molecule has 1 rings (SSSR count). The summed E-state index contributed by atoms with van der Waals surface area (Å²) in [5.74, 6) is -2.01. The van der Waals surface area contributed by atoms with Gasteiger partial charge in [-0.2, -0.15) is 0 Å². The van der Waals surface area contributed by atoms with Crippen LogP contribution in [0, 0.1) is 6.92 Å². The Hall–Kier alpha value is -2.09. The summed E-state index contributed by atoms with van der Waals surface area (Å²) < 4.78 is 27.7. The fourth-order valence-corrected chi connectivity index (χ4v) is 2.18. The van der Waals surface area contributed by atoms with Crippen LogP contribution in [-0.4, -0.2) is 43.5 Å². The van der Waals surface area contributed by atoms with Gasteiger partial charge in [0.2, 0.25) is 5.91 Å². The number of nitrogens with one attached hydrogen (secondary N) is 1. The van der Waals surface area contributed by atoms with Crippen LogP contribution in [0.5, 0.6) is 5.75 Å². The molecule has 7 nitrogen and oxygen atoms in total. The fraction of sp³-hybridized carbons (Fsp3) is 0.385. The van der Waals surface area contributed by atoms with E-state index >= 15 is 0 Å². The quantitative estimate of drug-likeness (QED) is 0.771. The Morgan fingerprint density at radius 1 is 1.33 bits per heavy atom. The minimum absolute atomic E-state index is 0.0959. The van der Waals surface area contributed by atoms with Crippen LogP contribution in [0.4, 0.5) is 5.69 Å². The Morgan fingerprint density at radius 2 is 2.00 bits per heavy atom. The number of aryl methyl sites for hydroxylation is 1. The molecule has 0 aliphatic rings. The maximum Gasteiger partial charge on any atom is 0.341 e. The Kier molecular flexibility index (Phi) is 5.71. The molecule has 0 spiro atoms. The molecule has 0 fully saturated rings. The lowest BCUT2D eigenvalue weighted by molar-refractivity contribution is -0.139. The molecule has 8 heteroatoms. The topological polar surface area (TPSA) is 110 Å². The summed E-state index contributed by atoms with van der Waals surface area (Å²) in [5.41, 5.74) is 1.09. The van der Waals surface area contributed by atoms with Gasteiger partial charge in [-0.3, -0.25) is 4.79 Å². The van der Waals surface area contributed by atoms with Crippen molar-refractivity contribution >= 4 is 27.4 Å². The fourth-order valence-electron chi connectivity index (χ4n) is 1.50. The number of carbonyl (C=O) groups is 2. The lowest BCUT2D eigenvalue weighted by Gasteiger charge is -2.10. The molecule has 1 aromatic carbocycles. The third-order valence-electron chi connectivity index (χ3n) is 2.63. The van der Waals surface area contributed by atoms with Crippen molar-refractivity contribution in [3.05, 3.63) is 23.8 Å². The molecule has 21 heavy (non-hydrogen) atoms. The summed E-state index contributed by atoms with van der Waals surface area (Å²) in [6, 6.07) is 4.59. The smallest absolute Gasteiger partial charge is 0.341 e. The predicted molar refractivity (Wildman–Crippen MR) is 77.3 cm³/mol. The van der Waals surface area contributed by atoms with Crippen LogP contribution in [0.1, 0.15) is 12.5 Å². The number of hydrogen-bond donors (Lipinski definition) is 2. The van der Waals surface area contributed by atoms with Gasteiger partial charge in [-0.1, -0.05) is 6.92 Å². The Morgan fingerprint density at radius 3 is 2.52 bits per heavy atom. The number of aliphatic carboxylic acids is 1. The number of ether oxygens (including phenoxy) is 1. The van der Waals surface area contributed by atoms with E-state index in [-0.39, 0.29) is 5.75 Å². The highest BCUT2D eigenvalue weighted by molar-refractivity contribution is 7.92. The second kappa shape index (κ2) is 7.07. The molecule has 1 amide bonds. The summed E-state index contributed by atoms with van der Waals surface area (Å²) >= 11 is 0. The zero-order chi connectivity index (χ0) is 16.0. The summed E-state index contributed by atoms with van der Waals surface area (Å²) in [6.45, 7) is 2.71. The maximum absolute atomic E-state index is 11.6. The zero-order valence-corrected chi connectivity index (χ0v) is 12.6. The molecule has 2 N–H and O–H groups in total. The molecule has 0 atom stereocenters. The molecule has 0 saturated carbocycles. The molecule has 0 unspecified atom stereocenters. The van der Waals surface area contributed by atoms with E-state index in [2.05, 4.69) is 5.32 Å². The highest BCUT2D eigenvalue weighted by Gasteiger charge is 2.15. The lowest BCUT2D eigenvalue weighted by atomic mass is 10.2. The molecule has 0 heterocycles. The molecule has 0 aliphatic carbocycles. The average molecular weight is 315 g/mol. The minimum atomic E-state index is -3.38. The van der Waals surface area contributed by atoms with Crippen LogP contribution < -0.4 is 10.1 Å². The zero-order valence-electron chi connectivity index (χ0n) is 11.8. The van der Waals surface area contributed by atoms with E-state index in [0.29, 0.717) is 17.0 Å². The lowest BCUT2D eigenvalue weighted by Crippen LogP contribution is -2.24. The molecule has 0 saturated heterocycles. The first-order valence-corrected chi connectivity index (χ1v) is 8.01. The van der Waals surface area contributed by atoms with E-state index in [1.165, 1.54) is 19.1 Å². The van der Waals surface area contributed by atoms with Crippen LogP contribution >= 0.6 is 0 Å². The van der Waals surface area contributed by atoms with Crippen molar-refractivity contribution in [3.8, 4) is 5.75 Å². The van der Waals surface area contributed by atoms with Crippen molar-refractivity contribution in [1.82, 2.24) is 0 Å². The Labute approximate surface area is 122 Å². The highest BCUT2D eigenvalue weighted by atomic mass is 32.2. The predicted octanol–water partition coefficient (Wildman–Crippen LogP) is 0.832. The summed E-state index contributed by atoms with van der Waals surface area (Å²) in [6.07, 6.45) is 0. The van der Waals surface area contributed by atoms with Gasteiger partial charge < -0.3 is 15.2 Å². The molecular weight excluding hydrogens is 298 g/mol. The number of anilines is 1. The maximum atomic E-state index is 11.6. The van der Waals surface area contributed by atoms with Crippen LogP contribution in [0.15, 0.2) is 18.2 Å². The van der Waals surface area contributed by atoms with Crippen molar-refractivity contribution in [1.29, 1.82) is 0 Å². The molecular formula is C13H17NO6S. The molecule has 1 aromatic rings. The van der Waals surface area contributed by atoms with Gasteiger partial charge in [0.25, 0.3) is 0 Å². The van der Waals surface area contributed by atoms with E-state index in [0.717, 1.165) is 0 Å². The minimum Gasteiger partial charge on any atom is -0.482 e. The van der Waals surface area contributed by atoms with Gasteiger partial charge in [-0.25, -0.2) is 13.2 Å². The van der Waals surface area contributed by atoms with Crippen molar-refractivity contribution in [3.63, 3.8) is 0 Å². The second-order valence-corrected chi connectivity index (χ2v) is 6.74. The van der Waals surface area contributed by atoms with Crippen LogP contribution in [0.3, 0.4) is 0 Å². The number of sulfone groups is 1. The standard InChI is InChI=1S/C13H17NO6S/c1-3-21(18,19)8-12(15)14-11-5-4-10(6-9(11)2)20-7-13(16)17/h4-6H,3,7-8H2,1-2H3,(H,14,15)(H,16,17). The van der Waals surface area contributed by atoms with Crippen molar-refractivity contribution in [2.75, 3.05) is 23.4 Å². The van der Waals surface area contributed by atoms with Gasteiger partial charge in [0, 0.05) is 11.4 Å². The average Bonchev–Trinajstić information content (AvgIpc) is 2.38. The number of benzene rings is 1. The van der Waals surface area contributed by atoms with Crippen LogP contribution in [-0.2, 0) is 19.4 Å². The second-order valence-electron chi connectivity index (χ2n) is 4.38. The monoisotopic (exact) mass is 315 g/mol. The van der Waals surface area contributed by atoms with E-state index in [9.17, 15) is 18.0 Å². The third kappa shape index (κ3) is 5.82. The van der Waals surface area contributed by atoms with Gasteiger partial charge in [-0.15, -0.1) is 0 Å². The number of amides is 1. The highest BCUT2D eigenvalue weighted by Crippen LogP contribution is 2.21. The molecule has 0 aromatic heterocycles.